The van der Waals surface area contributed by atoms with Gasteiger partial charge in [-0.1, -0.05) is 29.5 Å². The Bertz CT molecular complexity index is 1080. The number of thioether (sulfide) groups is 1. The van der Waals surface area contributed by atoms with Gasteiger partial charge in [0.1, 0.15) is 0 Å². The number of aryl methyl sites for hydroxylation is 2. The van der Waals surface area contributed by atoms with Crippen molar-refractivity contribution >= 4 is 51.9 Å². The number of aromatic nitrogens is 3. The van der Waals surface area contributed by atoms with Crippen molar-refractivity contribution in [3.8, 4) is 0 Å². The highest BCUT2D eigenvalue weighted by molar-refractivity contribution is 14.1. The third-order valence-corrected chi connectivity index (χ3v) is 6.10. The van der Waals surface area contributed by atoms with Crippen LogP contribution in [0.5, 0.6) is 0 Å². The summed E-state index contributed by atoms with van der Waals surface area (Å²) in [5, 5.41) is 14.6. The van der Waals surface area contributed by atoms with Gasteiger partial charge in [0.15, 0.2) is 11.0 Å². The molecule has 0 fully saturated rings. The molecular weight excluding hydrogens is 513 g/mol. The lowest BCUT2D eigenvalue weighted by atomic mass is 10.1. The van der Waals surface area contributed by atoms with Crippen LogP contribution in [0.15, 0.2) is 47.6 Å². The zero-order valence-corrected chi connectivity index (χ0v) is 19.9. The molecular formula is C21H22IN5O2S. The number of hydrogen-bond donors (Lipinski definition) is 2. The molecule has 0 aliphatic heterocycles. The molecule has 0 saturated heterocycles. The lowest BCUT2D eigenvalue weighted by molar-refractivity contribution is -0.113. The normalized spacial score (nSPS) is 10.7. The first-order valence-electron chi connectivity index (χ1n) is 9.25. The van der Waals surface area contributed by atoms with Crippen molar-refractivity contribution in [1.82, 2.24) is 20.1 Å². The van der Waals surface area contributed by atoms with E-state index in [-0.39, 0.29) is 24.1 Å². The number of nitrogens with one attached hydrogen (secondary N) is 2. The summed E-state index contributed by atoms with van der Waals surface area (Å²) in [6.45, 7) is 4.16. The minimum atomic E-state index is -0.164. The maximum atomic E-state index is 12.3. The first kappa shape index (κ1) is 22.3. The maximum Gasteiger partial charge on any atom is 0.251 e. The third-order valence-electron chi connectivity index (χ3n) is 4.41. The zero-order chi connectivity index (χ0) is 21.7. The van der Waals surface area contributed by atoms with Gasteiger partial charge in [0, 0.05) is 21.9 Å². The van der Waals surface area contributed by atoms with Crippen LogP contribution in [0.4, 0.5) is 5.69 Å². The molecule has 3 rings (SSSR count). The van der Waals surface area contributed by atoms with Gasteiger partial charge in [0.25, 0.3) is 5.91 Å². The van der Waals surface area contributed by atoms with Crippen molar-refractivity contribution < 1.29 is 9.59 Å². The molecule has 156 valence electrons. The fourth-order valence-electron chi connectivity index (χ4n) is 2.76. The van der Waals surface area contributed by atoms with E-state index in [2.05, 4.69) is 43.4 Å². The maximum absolute atomic E-state index is 12.3. The number of benzene rings is 2. The summed E-state index contributed by atoms with van der Waals surface area (Å²) in [7, 11) is 1.82. The van der Waals surface area contributed by atoms with Crippen LogP contribution >= 0.6 is 34.4 Å². The number of hydrogen-bond acceptors (Lipinski definition) is 5. The molecule has 2 amide bonds. The summed E-state index contributed by atoms with van der Waals surface area (Å²) >= 11 is 3.54. The van der Waals surface area contributed by atoms with Gasteiger partial charge in [-0.25, -0.2) is 0 Å². The highest BCUT2D eigenvalue weighted by Crippen LogP contribution is 2.20. The second-order valence-electron chi connectivity index (χ2n) is 6.81. The van der Waals surface area contributed by atoms with Gasteiger partial charge < -0.3 is 15.2 Å². The predicted octanol–water partition coefficient (Wildman–Crippen LogP) is 3.70. The molecule has 2 aromatic carbocycles. The molecule has 2 N–H and O–H groups in total. The summed E-state index contributed by atoms with van der Waals surface area (Å²) in [6.07, 6.45) is 0. The predicted molar refractivity (Wildman–Crippen MR) is 127 cm³/mol. The second-order valence-corrected chi connectivity index (χ2v) is 8.99. The average Bonchev–Trinajstić information content (AvgIpc) is 3.06. The Morgan fingerprint density at radius 1 is 1.13 bits per heavy atom. The van der Waals surface area contributed by atoms with E-state index < -0.39 is 0 Å². The lowest BCUT2D eigenvalue weighted by Crippen LogP contribution is -2.24. The van der Waals surface area contributed by atoms with E-state index >= 15 is 0 Å². The Morgan fingerprint density at radius 2 is 1.93 bits per heavy atom. The molecule has 0 aliphatic rings. The van der Waals surface area contributed by atoms with Gasteiger partial charge in [-0.15, -0.1) is 10.2 Å². The quantitative estimate of drug-likeness (QED) is 0.356. The van der Waals surface area contributed by atoms with Crippen molar-refractivity contribution in [3.05, 3.63) is 68.5 Å². The summed E-state index contributed by atoms with van der Waals surface area (Å²) < 4.78 is 2.91. The van der Waals surface area contributed by atoms with Crippen LogP contribution in [-0.2, 0) is 18.4 Å². The number of rotatable bonds is 7. The molecule has 0 atom stereocenters. The fraction of sp³-hybridized carbons (Fsp3) is 0.238. The van der Waals surface area contributed by atoms with E-state index in [4.69, 9.17) is 0 Å². The Hall–Kier alpha value is -2.40. The standard InChI is InChI=1S/C21H22IN5O2S/c1-13-5-4-6-15(9-13)20(29)23-11-18-25-26-21(27(18)3)30-12-19(28)24-17-8-7-16(22)10-14(17)2/h4-10H,11-12H2,1-3H3,(H,23,29)(H,24,28). The second kappa shape index (κ2) is 10.1. The highest BCUT2D eigenvalue weighted by atomic mass is 127. The highest BCUT2D eigenvalue weighted by Gasteiger charge is 2.13. The van der Waals surface area contributed by atoms with Crippen LogP contribution < -0.4 is 10.6 Å². The number of nitrogens with zero attached hydrogens (tertiary/aromatic N) is 3. The number of carbonyl (C=O) groups excluding carboxylic acids is 2. The van der Waals surface area contributed by atoms with Crippen molar-refractivity contribution in [1.29, 1.82) is 0 Å². The van der Waals surface area contributed by atoms with E-state index in [0.29, 0.717) is 16.5 Å². The van der Waals surface area contributed by atoms with E-state index in [9.17, 15) is 9.59 Å². The van der Waals surface area contributed by atoms with Crippen LogP contribution in [0, 0.1) is 17.4 Å². The molecule has 3 aromatic rings. The summed E-state index contributed by atoms with van der Waals surface area (Å²) in [6, 6.07) is 13.3. The van der Waals surface area contributed by atoms with Gasteiger partial charge in [0.05, 0.1) is 12.3 Å². The van der Waals surface area contributed by atoms with Crippen LogP contribution in [-0.4, -0.2) is 32.3 Å². The summed E-state index contributed by atoms with van der Waals surface area (Å²) in [5.74, 6) is 0.560. The zero-order valence-electron chi connectivity index (χ0n) is 16.9. The number of carbonyl (C=O) groups is 2. The Kier molecular flexibility index (Phi) is 7.48. The third kappa shape index (κ3) is 5.82. The first-order chi connectivity index (χ1) is 14.3. The van der Waals surface area contributed by atoms with Crippen molar-refractivity contribution in [2.24, 2.45) is 7.05 Å². The van der Waals surface area contributed by atoms with Gasteiger partial charge >= 0.3 is 0 Å². The summed E-state index contributed by atoms with van der Waals surface area (Å²) in [4.78, 5) is 24.6. The minimum absolute atomic E-state index is 0.110. The smallest absolute Gasteiger partial charge is 0.251 e. The van der Waals surface area contributed by atoms with Gasteiger partial charge in [0.2, 0.25) is 5.91 Å². The number of anilines is 1. The Morgan fingerprint density at radius 3 is 2.67 bits per heavy atom. The molecule has 0 bridgehead atoms. The van der Waals surface area contributed by atoms with Crippen molar-refractivity contribution in [3.63, 3.8) is 0 Å². The molecule has 0 radical (unpaired) electrons. The fourth-order valence-corrected chi connectivity index (χ4v) is 4.13. The molecule has 0 aliphatic carbocycles. The van der Waals surface area contributed by atoms with Crippen LogP contribution in [0.1, 0.15) is 27.3 Å². The molecule has 1 heterocycles. The van der Waals surface area contributed by atoms with E-state index in [1.807, 2.05) is 57.3 Å². The first-order valence-corrected chi connectivity index (χ1v) is 11.3. The molecule has 30 heavy (non-hydrogen) atoms. The van der Waals surface area contributed by atoms with E-state index in [0.717, 1.165) is 20.4 Å². The molecule has 7 nitrogen and oxygen atoms in total. The van der Waals surface area contributed by atoms with Gasteiger partial charge in [-0.3, -0.25) is 9.59 Å². The van der Waals surface area contributed by atoms with E-state index in [1.165, 1.54) is 11.8 Å². The molecule has 0 unspecified atom stereocenters. The number of amides is 2. The topological polar surface area (TPSA) is 88.9 Å². The molecule has 0 spiro atoms. The average molecular weight is 535 g/mol. The van der Waals surface area contributed by atoms with Crippen LogP contribution in [0.2, 0.25) is 0 Å². The molecule has 1 aromatic heterocycles. The van der Waals surface area contributed by atoms with Gasteiger partial charge in [-0.05, 0) is 72.3 Å². The molecule has 9 heteroatoms. The van der Waals surface area contributed by atoms with Crippen molar-refractivity contribution in [2.45, 2.75) is 25.5 Å². The SMILES string of the molecule is Cc1cccc(C(=O)NCc2nnc(SCC(=O)Nc3ccc(I)cc3C)n2C)c1. The monoisotopic (exact) mass is 535 g/mol. The van der Waals surface area contributed by atoms with Crippen LogP contribution in [0.25, 0.3) is 0 Å². The Balaban J connectivity index is 1.53. The Labute approximate surface area is 193 Å². The number of halogens is 1. The van der Waals surface area contributed by atoms with Crippen molar-refractivity contribution in [2.75, 3.05) is 11.1 Å². The summed E-state index contributed by atoms with van der Waals surface area (Å²) in [5.41, 5.74) is 3.46. The largest absolute Gasteiger partial charge is 0.345 e. The minimum Gasteiger partial charge on any atom is -0.345 e. The van der Waals surface area contributed by atoms with Crippen LogP contribution in [0.3, 0.4) is 0 Å². The molecule has 0 saturated carbocycles. The lowest BCUT2D eigenvalue weighted by Gasteiger charge is -2.09. The van der Waals surface area contributed by atoms with E-state index in [1.54, 1.807) is 10.6 Å². The van der Waals surface area contributed by atoms with Gasteiger partial charge in [-0.2, -0.15) is 0 Å².